The summed E-state index contributed by atoms with van der Waals surface area (Å²) >= 11 is 0. The molecular weight excluding hydrogens is 585 g/mol. The van der Waals surface area contributed by atoms with Crippen LogP contribution in [0.4, 0.5) is 0 Å². The van der Waals surface area contributed by atoms with Crippen molar-refractivity contribution >= 4 is 65.6 Å². The first-order chi connectivity index (χ1) is 23.6. The zero-order chi connectivity index (χ0) is 31.7. The van der Waals surface area contributed by atoms with Crippen molar-refractivity contribution in [1.29, 1.82) is 0 Å². The monoisotopic (exact) mass is 614 g/mol. The van der Waals surface area contributed by atoms with Crippen molar-refractivity contribution in [3.05, 3.63) is 157 Å². The highest BCUT2D eigenvalue weighted by Gasteiger charge is 2.36. The molecule has 0 spiro atoms. The molecule has 0 saturated carbocycles. The van der Waals surface area contributed by atoms with E-state index in [-0.39, 0.29) is 5.41 Å². The van der Waals surface area contributed by atoms with Gasteiger partial charge in [-0.1, -0.05) is 98.8 Å². The standard InChI is InChI=1S/C45H30N2O/c1-45(2)35-16-7-3-12-28(35)32-25-33-31-15-6-8-17-37(31)46(41(33)26-36(32)45)27-22-23-42-34(24-27)44-40(20-11-21-43(44)48-42)47-38-18-9-4-13-29(38)30-14-5-10-19-39(30)47/h3-26H,1-2H3. The van der Waals surface area contributed by atoms with E-state index >= 15 is 0 Å². The van der Waals surface area contributed by atoms with Gasteiger partial charge in [0.15, 0.2) is 0 Å². The van der Waals surface area contributed by atoms with Crippen LogP contribution < -0.4 is 0 Å². The summed E-state index contributed by atoms with van der Waals surface area (Å²) in [4.78, 5) is 0. The molecule has 0 aliphatic heterocycles. The summed E-state index contributed by atoms with van der Waals surface area (Å²) in [6, 6.07) is 53.1. The number of rotatable bonds is 2. The van der Waals surface area contributed by atoms with Crippen LogP contribution in [0.5, 0.6) is 0 Å². The molecule has 0 atom stereocenters. The Balaban J connectivity index is 1.22. The maximum Gasteiger partial charge on any atom is 0.137 e. The minimum Gasteiger partial charge on any atom is -0.456 e. The normalized spacial score (nSPS) is 13.8. The summed E-state index contributed by atoms with van der Waals surface area (Å²) in [5.41, 5.74) is 14.2. The van der Waals surface area contributed by atoms with E-state index in [1.54, 1.807) is 0 Å². The lowest BCUT2D eigenvalue weighted by molar-refractivity contribution is 0.661. The maximum atomic E-state index is 6.56. The lowest BCUT2D eigenvalue weighted by atomic mass is 9.82. The molecule has 0 saturated heterocycles. The Morgan fingerprint density at radius 2 is 1.08 bits per heavy atom. The molecule has 0 bridgehead atoms. The van der Waals surface area contributed by atoms with Gasteiger partial charge in [-0.05, 0) is 82.9 Å². The van der Waals surface area contributed by atoms with Crippen molar-refractivity contribution < 1.29 is 4.42 Å². The van der Waals surface area contributed by atoms with E-state index in [2.05, 4.69) is 169 Å². The maximum absolute atomic E-state index is 6.56. The number of hydrogen-bond acceptors (Lipinski definition) is 1. The van der Waals surface area contributed by atoms with Crippen LogP contribution >= 0.6 is 0 Å². The van der Waals surface area contributed by atoms with Crippen LogP contribution in [-0.2, 0) is 5.41 Å². The van der Waals surface area contributed by atoms with Gasteiger partial charge in [0.2, 0.25) is 0 Å². The first kappa shape index (κ1) is 26.1. The van der Waals surface area contributed by atoms with Gasteiger partial charge in [-0.2, -0.15) is 0 Å². The van der Waals surface area contributed by atoms with Gasteiger partial charge in [0.25, 0.3) is 0 Å². The average Bonchev–Trinajstić information content (AvgIpc) is 3.83. The van der Waals surface area contributed by atoms with Crippen LogP contribution in [0.3, 0.4) is 0 Å². The molecule has 0 radical (unpaired) electrons. The third kappa shape index (κ3) is 3.23. The van der Waals surface area contributed by atoms with Crippen molar-refractivity contribution in [2.24, 2.45) is 0 Å². The number of nitrogens with zero attached hydrogens (tertiary/aromatic N) is 2. The van der Waals surface area contributed by atoms with Crippen molar-refractivity contribution in [3.8, 4) is 22.5 Å². The van der Waals surface area contributed by atoms with E-state index < -0.39 is 0 Å². The van der Waals surface area contributed by atoms with Crippen LogP contribution in [-0.4, -0.2) is 9.13 Å². The second kappa shape index (κ2) is 9.05. The van der Waals surface area contributed by atoms with E-state index in [9.17, 15) is 0 Å². The molecule has 11 rings (SSSR count). The molecular formula is C45H30N2O. The van der Waals surface area contributed by atoms with Gasteiger partial charge in [-0.25, -0.2) is 0 Å². The van der Waals surface area contributed by atoms with Crippen LogP contribution in [0, 0.1) is 0 Å². The summed E-state index contributed by atoms with van der Waals surface area (Å²) < 4.78 is 11.4. The lowest BCUT2D eigenvalue weighted by Gasteiger charge is -2.21. The highest BCUT2D eigenvalue weighted by molar-refractivity contribution is 6.16. The van der Waals surface area contributed by atoms with E-state index in [0.29, 0.717) is 0 Å². The zero-order valence-electron chi connectivity index (χ0n) is 26.7. The van der Waals surface area contributed by atoms with Crippen LogP contribution in [0.2, 0.25) is 0 Å². The third-order valence-electron chi connectivity index (χ3n) is 10.9. The van der Waals surface area contributed by atoms with Crippen molar-refractivity contribution in [2.75, 3.05) is 0 Å². The van der Waals surface area contributed by atoms with Crippen LogP contribution in [0.1, 0.15) is 25.0 Å². The Labute approximate surface area is 276 Å². The second-order valence-electron chi connectivity index (χ2n) is 13.7. The molecule has 226 valence electrons. The summed E-state index contributed by atoms with van der Waals surface area (Å²) in [6.07, 6.45) is 0. The zero-order valence-corrected chi connectivity index (χ0v) is 26.7. The second-order valence-corrected chi connectivity index (χ2v) is 13.7. The SMILES string of the molecule is CC1(C)c2ccccc2-c2cc3c4ccccc4n(-c4ccc5oc6cccc(-n7c8ccccc8c8ccccc87)c6c5c4)c3cc21. The molecule has 3 heterocycles. The fourth-order valence-corrected chi connectivity index (χ4v) is 8.74. The first-order valence-electron chi connectivity index (χ1n) is 16.7. The average molecular weight is 615 g/mol. The van der Waals surface area contributed by atoms with E-state index in [1.807, 2.05) is 0 Å². The molecule has 0 N–H and O–H groups in total. The van der Waals surface area contributed by atoms with Gasteiger partial charge in [-0.15, -0.1) is 0 Å². The van der Waals surface area contributed by atoms with Crippen molar-refractivity contribution in [2.45, 2.75) is 19.3 Å². The highest BCUT2D eigenvalue weighted by atomic mass is 16.3. The van der Waals surface area contributed by atoms with Gasteiger partial charge < -0.3 is 13.6 Å². The quantitative estimate of drug-likeness (QED) is 0.190. The molecule has 7 aromatic carbocycles. The van der Waals surface area contributed by atoms with Crippen LogP contribution in [0.25, 0.3) is 88.1 Å². The molecule has 10 aromatic rings. The number of fused-ring (bicyclic) bond motifs is 12. The minimum atomic E-state index is -0.0800. The number of para-hydroxylation sites is 3. The van der Waals surface area contributed by atoms with Gasteiger partial charge in [-0.3, -0.25) is 0 Å². The molecule has 0 amide bonds. The van der Waals surface area contributed by atoms with Crippen molar-refractivity contribution in [3.63, 3.8) is 0 Å². The summed E-state index contributed by atoms with van der Waals surface area (Å²) in [7, 11) is 0. The number of aromatic nitrogens is 2. The smallest absolute Gasteiger partial charge is 0.137 e. The predicted molar refractivity (Wildman–Crippen MR) is 200 cm³/mol. The molecule has 1 aliphatic rings. The van der Waals surface area contributed by atoms with Crippen LogP contribution in [0.15, 0.2) is 150 Å². The number of hydrogen-bond donors (Lipinski definition) is 0. The lowest BCUT2D eigenvalue weighted by Crippen LogP contribution is -2.14. The molecule has 3 heteroatoms. The third-order valence-corrected chi connectivity index (χ3v) is 10.9. The Morgan fingerprint density at radius 3 is 1.83 bits per heavy atom. The molecule has 3 aromatic heterocycles. The molecule has 48 heavy (non-hydrogen) atoms. The van der Waals surface area contributed by atoms with Gasteiger partial charge in [0.05, 0.1) is 33.1 Å². The summed E-state index contributed by atoms with van der Waals surface area (Å²) in [5, 5.41) is 7.28. The first-order valence-corrected chi connectivity index (χ1v) is 16.7. The van der Waals surface area contributed by atoms with Gasteiger partial charge in [0.1, 0.15) is 11.2 Å². The Kier molecular flexibility index (Phi) is 4.91. The predicted octanol–water partition coefficient (Wildman–Crippen LogP) is 12.1. The molecule has 1 aliphatic carbocycles. The number of furan rings is 1. The summed E-state index contributed by atoms with van der Waals surface area (Å²) in [6.45, 7) is 4.71. The topological polar surface area (TPSA) is 23.0 Å². The van der Waals surface area contributed by atoms with E-state index in [1.165, 1.54) is 65.9 Å². The highest BCUT2D eigenvalue weighted by Crippen LogP contribution is 2.51. The van der Waals surface area contributed by atoms with E-state index in [4.69, 9.17) is 4.42 Å². The van der Waals surface area contributed by atoms with Gasteiger partial charge >= 0.3 is 0 Å². The minimum absolute atomic E-state index is 0.0800. The molecule has 3 nitrogen and oxygen atoms in total. The molecule has 0 unspecified atom stereocenters. The Morgan fingerprint density at radius 1 is 0.438 bits per heavy atom. The number of benzene rings is 7. The van der Waals surface area contributed by atoms with E-state index in [0.717, 1.165) is 33.3 Å². The fraction of sp³-hybridized carbons (Fsp3) is 0.0667. The Hall–Kier alpha value is -6.06. The van der Waals surface area contributed by atoms with Gasteiger partial charge in [0, 0.05) is 38.0 Å². The largest absolute Gasteiger partial charge is 0.456 e. The van der Waals surface area contributed by atoms with Crippen molar-refractivity contribution in [1.82, 2.24) is 9.13 Å². The Bertz CT molecular complexity index is 2930. The molecule has 0 fully saturated rings. The summed E-state index contributed by atoms with van der Waals surface area (Å²) in [5.74, 6) is 0. The fourth-order valence-electron chi connectivity index (χ4n) is 8.74.